The summed E-state index contributed by atoms with van der Waals surface area (Å²) < 4.78 is 1.18. The highest BCUT2D eigenvalue weighted by Gasteiger charge is 2.04. The molecule has 0 unspecified atom stereocenters. The van der Waals surface area contributed by atoms with Gasteiger partial charge in [-0.3, -0.25) is 0 Å². The van der Waals surface area contributed by atoms with Crippen LogP contribution >= 0.6 is 34.2 Å². The molecule has 46 heavy (non-hydrogen) atoms. The zero-order valence-electron chi connectivity index (χ0n) is 27.1. The lowest BCUT2D eigenvalue weighted by molar-refractivity contribution is 1.14. The molecule has 0 aliphatic rings. The minimum atomic E-state index is 0.492. The van der Waals surface area contributed by atoms with Crippen LogP contribution < -0.4 is 0 Å². The molecule has 0 amide bonds. The van der Waals surface area contributed by atoms with Crippen molar-refractivity contribution < 1.29 is 0 Å². The highest BCUT2D eigenvalue weighted by Crippen LogP contribution is 2.20. The molecule has 0 aliphatic heterocycles. The van der Waals surface area contributed by atoms with Gasteiger partial charge in [-0.15, -0.1) is 0 Å². The number of aromatic nitrogens is 12. The number of fused-ring (bicyclic) bond motifs is 4. The zero-order chi connectivity index (χ0) is 33.6. The van der Waals surface area contributed by atoms with Crippen molar-refractivity contribution in [1.29, 1.82) is 0 Å². The van der Waals surface area contributed by atoms with Crippen LogP contribution in [0.1, 0.15) is 50.3 Å². The Hall–Kier alpha value is -4.50. The Morgan fingerprint density at radius 3 is 1.52 bits per heavy atom. The summed E-state index contributed by atoms with van der Waals surface area (Å²) in [6.07, 6.45) is 13.7. The normalized spacial score (nSPS) is 9.96. The largest absolute Gasteiger partial charge is 0.346 e. The Kier molecular flexibility index (Phi) is 14.0. The lowest BCUT2D eigenvalue weighted by Crippen LogP contribution is -1.84. The molecule has 8 aromatic rings. The topological polar surface area (TPSA) is 166 Å². The fraction of sp³-hybridized carbons (Fsp3) is 0.250. The van der Waals surface area contributed by atoms with Crippen LogP contribution in [0.2, 0.25) is 5.15 Å². The molecule has 8 rings (SSSR count). The van der Waals surface area contributed by atoms with E-state index in [4.69, 9.17) is 11.6 Å². The van der Waals surface area contributed by atoms with Gasteiger partial charge >= 0.3 is 0 Å². The van der Waals surface area contributed by atoms with Crippen molar-refractivity contribution in [3.63, 3.8) is 0 Å². The van der Waals surface area contributed by atoms with Gasteiger partial charge in [-0.1, -0.05) is 39.3 Å². The Balaban J connectivity index is 0.000000161. The second-order valence-corrected chi connectivity index (χ2v) is 10.6. The summed E-state index contributed by atoms with van der Waals surface area (Å²) in [6, 6.07) is 3.82. The maximum atomic E-state index is 5.73. The molecule has 8 aromatic heterocycles. The highest BCUT2D eigenvalue weighted by atomic mass is 127. The first-order valence-corrected chi connectivity index (χ1v) is 16.2. The molecule has 0 saturated heterocycles. The quantitative estimate of drug-likeness (QED) is 0.0886. The van der Waals surface area contributed by atoms with Gasteiger partial charge in [0, 0.05) is 39.1 Å². The van der Waals surface area contributed by atoms with Crippen LogP contribution in [0, 0.1) is 31.3 Å². The van der Waals surface area contributed by atoms with Gasteiger partial charge in [0.15, 0.2) is 0 Å². The van der Waals surface area contributed by atoms with E-state index in [2.05, 4.69) is 89.3 Å². The fourth-order valence-electron chi connectivity index (χ4n) is 4.22. The van der Waals surface area contributed by atoms with Gasteiger partial charge < -0.3 is 19.9 Å². The van der Waals surface area contributed by atoms with Gasteiger partial charge in [0.05, 0.1) is 27.9 Å². The first kappa shape index (κ1) is 36.0. The summed E-state index contributed by atoms with van der Waals surface area (Å²) in [7, 11) is 0. The molecule has 4 N–H and O–H groups in total. The van der Waals surface area contributed by atoms with Crippen molar-refractivity contribution in [2.45, 2.75) is 55.4 Å². The molecule has 0 bridgehead atoms. The molecular weight excluding hydrogens is 715 g/mol. The number of nitrogens with zero attached hydrogens (tertiary/aromatic N) is 8. The van der Waals surface area contributed by atoms with E-state index in [1.165, 1.54) is 15.5 Å². The summed E-state index contributed by atoms with van der Waals surface area (Å²) in [4.78, 5) is 44.3. The van der Waals surface area contributed by atoms with E-state index in [-0.39, 0.29) is 0 Å². The zero-order valence-corrected chi connectivity index (χ0v) is 30.0. The Labute approximate surface area is 285 Å². The third-order valence-electron chi connectivity index (χ3n) is 6.33. The first-order chi connectivity index (χ1) is 22.3. The van der Waals surface area contributed by atoms with E-state index in [1.807, 2.05) is 79.2 Å². The molecule has 0 fully saturated rings. The van der Waals surface area contributed by atoms with Crippen LogP contribution in [0.25, 0.3) is 44.1 Å². The predicted molar refractivity (Wildman–Crippen MR) is 195 cm³/mol. The lowest BCUT2D eigenvalue weighted by Gasteiger charge is -1.93. The first-order valence-electron chi connectivity index (χ1n) is 14.7. The summed E-state index contributed by atoms with van der Waals surface area (Å²) >= 11 is 7.99. The number of H-pyrrole nitrogens is 4. The molecule has 0 radical (unpaired) electrons. The van der Waals surface area contributed by atoms with E-state index in [0.717, 1.165) is 61.2 Å². The smallest absolute Gasteiger partial charge is 0.142 e. The standard InChI is InChI=1S/C8H9N3.C7H6IN3.C7H7N3.C6H4ClN3.2C2H6/c1-5-3-9-8-7(5)6(2)10-4-11-8;1-4-6-5(8)2-9-7(6)11-3-10-4;1-5-6-2-3-8-7(6)10-4-9-5;7-5-4-1-2-8-6(4)10-3-9-5;2*1-2/h3-4H,1-2H3,(H,9,10,11);2-3H,1H3,(H,9,10,11);2-4H,1H3,(H,8,9,10);1-3H,(H,8,9,10);2*1-2H3. The maximum Gasteiger partial charge on any atom is 0.142 e. The van der Waals surface area contributed by atoms with Crippen LogP contribution in [0.4, 0.5) is 0 Å². The van der Waals surface area contributed by atoms with Gasteiger partial charge in [0.1, 0.15) is 53.1 Å². The molecule has 0 saturated carbocycles. The van der Waals surface area contributed by atoms with E-state index in [9.17, 15) is 0 Å². The summed E-state index contributed by atoms with van der Waals surface area (Å²) in [5.74, 6) is 0. The Morgan fingerprint density at radius 1 is 0.522 bits per heavy atom. The monoisotopic (exact) mass is 752 g/mol. The van der Waals surface area contributed by atoms with Crippen LogP contribution in [0.5, 0.6) is 0 Å². The van der Waals surface area contributed by atoms with Crippen LogP contribution in [0.15, 0.2) is 62.2 Å². The van der Waals surface area contributed by atoms with Gasteiger partial charge in [-0.25, -0.2) is 39.9 Å². The van der Waals surface area contributed by atoms with Crippen molar-refractivity contribution in [3.05, 3.63) is 93.6 Å². The van der Waals surface area contributed by atoms with E-state index < -0.39 is 0 Å². The third-order valence-corrected chi connectivity index (χ3v) is 7.48. The number of aromatic amines is 4. The number of rotatable bonds is 0. The van der Waals surface area contributed by atoms with E-state index in [1.54, 1.807) is 25.2 Å². The van der Waals surface area contributed by atoms with Crippen LogP contribution in [-0.2, 0) is 0 Å². The Bertz CT molecular complexity index is 1940. The molecule has 0 atom stereocenters. The van der Waals surface area contributed by atoms with Gasteiger partial charge in [0.2, 0.25) is 0 Å². The van der Waals surface area contributed by atoms with E-state index >= 15 is 0 Å². The number of halogens is 2. The molecule has 0 aliphatic carbocycles. The molecule has 0 aromatic carbocycles. The number of aryl methyl sites for hydroxylation is 4. The molecule has 14 heteroatoms. The summed E-state index contributed by atoms with van der Waals surface area (Å²) in [6.45, 7) is 16.0. The number of nitrogens with one attached hydrogen (secondary N) is 4. The average Bonchev–Trinajstić information content (AvgIpc) is 3.89. The molecule has 12 nitrogen and oxygen atoms in total. The van der Waals surface area contributed by atoms with E-state index in [0.29, 0.717) is 5.15 Å². The second-order valence-electron chi connectivity index (χ2n) is 9.08. The molecular formula is C32H38ClIN12. The van der Waals surface area contributed by atoms with Crippen LogP contribution in [-0.4, -0.2) is 59.8 Å². The summed E-state index contributed by atoms with van der Waals surface area (Å²) in [5.41, 5.74) is 7.82. The second kappa shape index (κ2) is 17.8. The lowest BCUT2D eigenvalue weighted by atomic mass is 10.2. The SMILES string of the molecule is CC.CC.Cc1c[nH]c2ncnc(C)c12.Cc1ncnc2[nH]cc(I)c12.Cc1ncnc2[nH]ccc12.Clc1ncnc2[nH]ccc12. The molecule has 240 valence electrons. The predicted octanol–water partition coefficient (Wildman–Crippen LogP) is 8.38. The van der Waals surface area contributed by atoms with Crippen LogP contribution in [0.3, 0.4) is 0 Å². The van der Waals surface area contributed by atoms with Gasteiger partial charge in [0.25, 0.3) is 0 Å². The van der Waals surface area contributed by atoms with Gasteiger partial charge in [-0.2, -0.15) is 0 Å². The maximum absolute atomic E-state index is 5.73. The third kappa shape index (κ3) is 8.81. The minimum Gasteiger partial charge on any atom is -0.346 e. The molecule has 0 spiro atoms. The fourth-order valence-corrected chi connectivity index (χ4v) is 5.22. The number of hydrogen-bond donors (Lipinski definition) is 4. The highest BCUT2D eigenvalue weighted by molar-refractivity contribution is 14.1. The van der Waals surface area contributed by atoms with Crippen molar-refractivity contribution >= 4 is 78.3 Å². The van der Waals surface area contributed by atoms with Crippen molar-refractivity contribution in [2.24, 2.45) is 0 Å². The Morgan fingerprint density at radius 2 is 0.978 bits per heavy atom. The summed E-state index contributed by atoms with van der Waals surface area (Å²) in [5, 5.41) is 4.73. The van der Waals surface area contributed by atoms with Crippen molar-refractivity contribution in [2.75, 3.05) is 0 Å². The van der Waals surface area contributed by atoms with Gasteiger partial charge in [-0.05, 0) is 68.0 Å². The minimum absolute atomic E-state index is 0.492. The van der Waals surface area contributed by atoms with Crippen molar-refractivity contribution in [3.8, 4) is 0 Å². The van der Waals surface area contributed by atoms with Crippen molar-refractivity contribution in [1.82, 2.24) is 59.8 Å². The molecule has 8 heterocycles. The average molecular weight is 753 g/mol. The number of hydrogen-bond acceptors (Lipinski definition) is 8.